The SMILES string of the molecule is C1COC1.OCCCC(CO)CO. The zero-order valence-electron chi connectivity index (χ0n) is 7.98. The summed E-state index contributed by atoms with van der Waals surface area (Å²) in [5, 5.41) is 25.4. The third-order valence-electron chi connectivity index (χ3n) is 1.86. The van der Waals surface area contributed by atoms with Crippen molar-refractivity contribution in [3.05, 3.63) is 0 Å². The van der Waals surface area contributed by atoms with Crippen molar-refractivity contribution >= 4 is 0 Å². The van der Waals surface area contributed by atoms with Crippen LogP contribution in [0.15, 0.2) is 0 Å². The molecule has 0 saturated carbocycles. The second kappa shape index (κ2) is 9.92. The van der Waals surface area contributed by atoms with Crippen LogP contribution in [0.1, 0.15) is 19.3 Å². The van der Waals surface area contributed by atoms with E-state index in [1.165, 1.54) is 6.42 Å². The van der Waals surface area contributed by atoms with Gasteiger partial charge in [0.2, 0.25) is 0 Å². The third-order valence-corrected chi connectivity index (χ3v) is 1.86. The Morgan fingerprint density at radius 1 is 1.08 bits per heavy atom. The van der Waals surface area contributed by atoms with Crippen LogP contribution in [0.2, 0.25) is 0 Å². The van der Waals surface area contributed by atoms with E-state index in [0.29, 0.717) is 12.8 Å². The lowest BCUT2D eigenvalue weighted by molar-refractivity contribution is 0.0367. The Kier molecular flexibility index (Phi) is 9.80. The number of aliphatic hydroxyl groups is 3. The highest BCUT2D eigenvalue weighted by molar-refractivity contribution is 4.53. The zero-order valence-corrected chi connectivity index (χ0v) is 7.98. The van der Waals surface area contributed by atoms with Crippen molar-refractivity contribution < 1.29 is 20.1 Å². The van der Waals surface area contributed by atoms with Gasteiger partial charge in [-0.3, -0.25) is 0 Å². The fourth-order valence-electron chi connectivity index (χ4n) is 0.765. The first-order chi connectivity index (χ1) is 6.35. The summed E-state index contributed by atoms with van der Waals surface area (Å²) in [5.74, 6) is -0.0443. The van der Waals surface area contributed by atoms with Crippen LogP contribution < -0.4 is 0 Å². The van der Waals surface area contributed by atoms with Crippen molar-refractivity contribution in [2.75, 3.05) is 33.0 Å². The van der Waals surface area contributed by atoms with Crippen LogP contribution in [0.3, 0.4) is 0 Å². The zero-order chi connectivity index (χ0) is 9.94. The van der Waals surface area contributed by atoms with Crippen molar-refractivity contribution in [2.24, 2.45) is 5.92 Å². The Hall–Kier alpha value is -0.160. The molecule has 1 saturated heterocycles. The molecule has 0 bridgehead atoms. The van der Waals surface area contributed by atoms with Gasteiger partial charge in [0.05, 0.1) is 0 Å². The summed E-state index contributed by atoms with van der Waals surface area (Å²) in [4.78, 5) is 0. The van der Waals surface area contributed by atoms with Crippen molar-refractivity contribution in [1.82, 2.24) is 0 Å². The summed E-state index contributed by atoms with van der Waals surface area (Å²) < 4.78 is 4.72. The van der Waals surface area contributed by atoms with Crippen LogP contribution in [0, 0.1) is 5.92 Å². The molecule has 4 heteroatoms. The molecule has 1 heterocycles. The quantitative estimate of drug-likeness (QED) is 0.562. The Bertz CT molecular complexity index is 85.6. The molecular weight excluding hydrogens is 172 g/mol. The van der Waals surface area contributed by atoms with Crippen LogP contribution in [0.25, 0.3) is 0 Å². The molecular formula is C9H20O4. The molecule has 0 spiro atoms. The summed E-state index contributed by atoms with van der Waals surface area (Å²) in [6, 6.07) is 0. The van der Waals surface area contributed by atoms with Gasteiger partial charge >= 0.3 is 0 Å². The minimum atomic E-state index is -0.0443. The van der Waals surface area contributed by atoms with E-state index < -0.39 is 0 Å². The van der Waals surface area contributed by atoms with Gasteiger partial charge in [0.15, 0.2) is 0 Å². The average molecular weight is 192 g/mol. The van der Waals surface area contributed by atoms with Gasteiger partial charge in [0, 0.05) is 39.0 Å². The first-order valence-electron chi connectivity index (χ1n) is 4.75. The van der Waals surface area contributed by atoms with Gasteiger partial charge in [-0.2, -0.15) is 0 Å². The largest absolute Gasteiger partial charge is 0.396 e. The predicted molar refractivity (Wildman–Crippen MR) is 49.4 cm³/mol. The normalized spacial score (nSPS) is 14.8. The third kappa shape index (κ3) is 8.18. The molecule has 80 valence electrons. The molecule has 4 nitrogen and oxygen atoms in total. The second-order valence-electron chi connectivity index (χ2n) is 3.06. The molecule has 0 aromatic carbocycles. The molecule has 0 aliphatic carbocycles. The summed E-state index contributed by atoms with van der Waals surface area (Å²) in [6.07, 6.45) is 2.63. The van der Waals surface area contributed by atoms with Crippen molar-refractivity contribution in [2.45, 2.75) is 19.3 Å². The first-order valence-corrected chi connectivity index (χ1v) is 4.75. The molecule has 1 aliphatic heterocycles. The van der Waals surface area contributed by atoms with Crippen molar-refractivity contribution in [3.8, 4) is 0 Å². The van der Waals surface area contributed by atoms with Crippen LogP contribution in [0.5, 0.6) is 0 Å². The number of hydrogen-bond donors (Lipinski definition) is 3. The molecule has 13 heavy (non-hydrogen) atoms. The van der Waals surface area contributed by atoms with Gasteiger partial charge in [0.1, 0.15) is 0 Å². The van der Waals surface area contributed by atoms with E-state index in [-0.39, 0.29) is 25.7 Å². The first kappa shape index (κ1) is 12.8. The monoisotopic (exact) mass is 192 g/mol. The van der Waals surface area contributed by atoms with Gasteiger partial charge in [-0.15, -0.1) is 0 Å². The van der Waals surface area contributed by atoms with Crippen LogP contribution in [0.4, 0.5) is 0 Å². The summed E-state index contributed by atoms with van der Waals surface area (Å²) >= 11 is 0. The maximum atomic E-state index is 8.51. The van der Waals surface area contributed by atoms with E-state index in [1.807, 2.05) is 0 Å². The van der Waals surface area contributed by atoms with Gasteiger partial charge in [-0.05, 0) is 19.3 Å². The van der Waals surface area contributed by atoms with E-state index in [4.69, 9.17) is 20.1 Å². The minimum Gasteiger partial charge on any atom is -0.396 e. The Balaban J connectivity index is 0.000000293. The number of aliphatic hydroxyl groups excluding tert-OH is 3. The van der Waals surface area contributed by atoms with Crippen LogP contribution >= 0.6 is 0 Å². The number of hydrogen-bond acceptors (Lipinski definition) is 4. The van der Waals surface area contributed by atoms with Gasteiger partial charge in [0.25, 0.3) is 0 Å². The molecule has 1 fully saturated rings. The van der Waals surface area contributed by atoms with Crippen molar-refractivity contribution in [1.29, 1.82) is 0 Å². The average Bonchev–Trinajstić information content (AvgIpc) is 2.04. The van der Waals surface area contributed by atoms with Gasteiger partial charge in [-0.1, -0.05) is 0 Å². The highest BCUT2D eigenvalue weighted by Gasteiger charge is 2.03. The Morgan fingerprint density at radius 3 is 1.77 bits per heavy atom. The Morgan fingerprint density at radius 2 is 1.54 bits per heavy atom. The lowest BCUT2D eigenvalue weighted by Crippen LogP contribution is -2.11. The highest BCUT2D eigenvalue weighted by atomic mass is 16.5. The number of ether oxygens (including phenoxy) is 1. The smallest absolute Gasteiger partial charge is 0.0488 e. The molecule has 3 N–H and O–H groups in total. The molecule has 0 aromatic rings. The summed E-state index contributed by atoms with van der Waals surface area (Å²) in [6.45, 7) is 2.16. The molecule has 0 atom stereocenters. The standard InChI is InChI=1S/C6H14O3.C3H6O/c7-3-1-2-6(4-8)5-9;1-2-4-3-1/h6-9H,1-5H2;1-3H2. The van der Waals surface area contributed by atoms with Crippen LogP contribution in [-0.2, 0) is 4.74 Å². The van der Waals surface area contributed by atoms with E-state index in [1.54, 1.807) is 0 Å². The van der Waals surface area contributed by atoms with E-state index in [9.17, 15) is 0 Å². The number of rotatable bonds is 5. The lowest BCUT2D eigenvalue weighted by atomic mass is 10.1. The maximum Gasteiger partial charge on any atom is 0.0488 e. The predicted octanol–water partition coefficient (Wildman–Crippen LogP) is -0.234. The molecule has 1 aliphatic rings. The molecule has 1 rings (SSSR count). The maximum absolute atomic E-state index is 8.51. The van der Waals surface area contributed by atoms with Crippen molar-refractivity contribution in [3.63, 3.8) is 0 Å². The van der Waals surface area contributed by atoms with E-state index in [0.717, 1.165) is 13.2 Å². The van der Waals surface area contributed by atoms with E-state index >= 15 is 0 Å². The molecule has 0 aromatic heterocycles. The molecule has 0 unspecified atom stereocenters. The van der Waals surface area contributed by atoms with E-state index in [2.05, 4.69) is 0 Å². The molecule has 0 radical (unpaired) electrons. The summed E-state index contributed by atoms with van der Waals surface area (Å²) in [5.41, 5.74) is 0. The van der Waals surface area contributed by atoms with Gasteiger partial charge < -0.3 is 20.1 Å². The minimum absolute atomic E-state index is 0.0104. The fraction of sp³-hybridized carbons (Fsp3) is 1.00. The highest BCUT2D eigenvalue weighted by Crippen LogP contribution is 2.02. The Labute approximate surface area is 79.2 Å². The topological polar surface area (TPSA) is 69.9 Å². The fourth-order valence-corrected chi connectivity index (χ4v) is 0.765. The van der Waals surface area contributed by atoms with Gasteiger partial charge in [-0.25, -0.2) is 0 Å². The second-order valence-corrected chi connectivity index (χ2v) is 3.06. The summed E-state index contributed by atoms with van der Waals surface area (Å²) in [7, 11) is 0. The van der Waals surface area contributed by atoms with Crippen LogP contribution in [-0.4, -0.2) is 48.4 Å². The molecule has 0 amide bonds. The lowest BCUT2D eigenvalue weighted by Gasteiger charge is -2.09.